The molecule has 0 aliphatic rings. The van der Waals surface area contributed by atoms with Crippen molar-refractivity contribution in [3.8, 4) is 0 Å². The molecule has 2 aromatic rings. The second kappa shape index (κ2) is 6.57. The summed E-state index contributed by atoms with van der Waals surface area (Å²) in [5, 5.41) is 14.9. The number of nitrogens with one attached hydrogen (secondary N) is 1. The molecule has 0 saturated carbocycles. The number of aromatic nitrogens is 1. The second-order valence-electron chi connectivity index (χ2n) is 4.63. The number of nitro benzene ring substituents is 1. The highest BCUT2D eigenvalue weighted by Gasteiger charge is 2.14. The zero-order valence-electron chi connectivity index (χ0n) is 12.1. The van der Waals surface area contributed by atoms with Gasteiger partial charge in [0.1, 0.15) is 0 Å². The van der Waals surface area contributed by atoms with Gasteiger partial charge in [-0.25, -0.2) is 5.43 Å². The van der Waals surface area contributed by atoms with E-state index in [1.165, 1.54) is 18.2 Å². The smallest absolute Gasteiger partial charge is 0.267 e. The van der Waals surface area contributed by atoms with E-state index >= 15 is 0 Å². The quantitative estimate of drug-likeness (QED) is 0.532. The number of pyridine rings is 1. The van der Waals surface area contributed by atoms with Crippen LogP contribution in [0, 0.1) is 17.0 Å². The Morgan fingerprint density at radius 2 is 1.91 bits per heavy atom. The summed E-state index contributed by atoms with van der Waals surface area (Å²) in [5.41, 5.74) is 4.41. The number of rotatable bonds is 4. The van der Waals surface area contributed by atoms with Gasteiger partial charge >= 0.3 is 0 Å². The molecule has 0 saturated heterocycles. The number of aryl methyl sites for hydroxylation is 1. The minimum absolute atomic E-state index is 0.0949. The summed E-state index contributed by atoms with van der Waals surface area (Å²) in [6.45, 7) is 3.36. The summed E-state index contributed by atoms with van der Waals surface area (Å²) < 4.78 is 0. The number of hydrogen-bond donors (Lipinski definition) is 1. The minimum Gasteiger partial charge on any atom is -0.267 e. The molecule has 7 nitrogen and oxygen atoms in total. The van der Waals surface area contributed by atoms with Crippen molar-refractivity contribution in [2.45, 2.75) is 13.8 Å². The first-order chi connectivity index (χ1) is 10.5. The van der Waals surface area contributed by atoms with Crippen LogP contribution >= 0.6 is 0 Å². The Morgan fingerprint density at radius 1 is 1.23 bits per heavy atom. The molecule has 7 heteroatoms. The number of carbonyl (C=O) groups is 1. The van der Waals surface area contributed by atoms with E-state index in [1.54, 1.807) is 38.4 Å². The van der Waals surface area contributed by atoms with E-state index in [-0.39, 0.29) is 11.3 Å². The monoisotopic (exact) mass is 298 g/mol. The van der Waals surface area contributed by atoms with Crippen molar-refractivity contribution in [2.24, 2.45) is 5.10 Å². The molecule has 1 heterocycles. The lowest BCUT2D eigenvalue weighted by molar-refractivity contribution is -0.385. The first kappa shape index (κ1) is 15.3. The lowest BCUT2D eigenvalue weighted by Crippen LogP contribution is -2.19. The van der Waals surface area contributed by atoms with E-state index in [1.807, 2.05) is 0 Å². The summed E-state index contributed by atoms with van der Waals surface area (Å²) in [6.07, 6.45) is 3.25. The van der Waals surface area contributed by atoms with E-state index in [4.69, 9.17) is 0 Å². The first-order valence-corrected chi connectivity index (χ1v) is 6.49. The number of hydrogen-bond acceptors (Lipinski definition) is 5. The van der Waals surface area contributed by atoms with Crippen LogP contribution in [0.3, 0.4) is 0 Å². The predicted octanol–water partition coefficient (Wildman–Crippen LogP) is 2.45. The molecule has 1 aromatic heterocycles. The van der Waals surface area contributed by atoms with Crippen molar-refractivity contribution in [3.05, 3.63) is 69.5 Å². The Hall–Kier alpha value is -3.09. The topological polar surface area (TPSA) is 97.5 Å². The molecule has 112 valence electrons. The zero-order chi connectivity index (χ0) is 16.1. The Kier molecular flexibility index (Phi) is 4.57. The third-order valence-corrected chi connectivity index (χ3v) is 3.09. The number of nitrogens with zero attached hydrogens (tertiary/aromatic N) is 3. The van der Waals surface area contributed by atoms with Crippen molar-refractivity contribution in [1.82, 2.24) is 10.4 Å². The molecule has 0 atom stereocenters. The van der Waals surface area contributed by atoms with Gasteiger partial charge in [0.25, 0.3) is 11.6 Å². The predicted molar refractivity (Wildman–Crippen MR) is 81.7 cm³/mol. The van der Waals surface area contributed by atoms with Crippen LogP contribution in [-0.2, 0) is 0 Å². The fourth-order valence-electron chi connectivity index (χ4n) is 1.80. The molecule has 0 unspecified atom stereocenters. The third-order valence-electron chi connectivity index (χ3n) is 3.09. The molecule has 1 aromatic carbocycles. The lowest BCUT2D eigenvalue weighted by atomic mass is 10.1. The molecule has 0 aliphatic carbocycles. The highest BCUT2D eigenvalue weighted by Crippen LogP contribution is 2.19. The van der Waals surface area contributed by atoms with Crippen LogP contribution in [-0.4, -0.2) is 21.5 Å². The molecule has 0 bridgehead atoms. The fourth-order valence-corrected chi connectivity index (χ4v) is 1.80. The average Bonchev–Trinajstić information content (AvgIpc) is 2.53. The van der Waals surface area contributed by atoms with Gasteiger partial charge in [-0.1, -0.05) is 6.07 Å². The number of hydrazone groups is 1. The highest BCUT2D eigenvalue weighted by atomic mass is 16.6. The van der Waals surface area contributed by atoms with E-state index in [0.717, 1.165) is 5.56 Å². The van der Waals surface area contributed by atoms with Gasteiger partial charge in [0.2, 0.25) is 0 Å². The summed E-state index contributed by atoms with van der Waals surface area (Å²) in [7, 11) is 0. The maximum absolute atomic E-state index is 12.0. The Bertz CT molecular complexity index is 742. The Balaban J connectivity index is 2.16. The molecule has 1 amide bonds. The van der Waals surface area contributed by atoms with Gasteiger partial charge in [-0.15, -0.1) is 0 Å². The maximum Gasteiger partial charge on any atom is 0.273 e. The second-order valence-corrected chi connectivity index (χ2v) is 4.63. The number of benzene rings is 1. The summed E-state index contributed by atoms with van der Waals surface area (Å²) in [5.74, 6) is -0.503. The SMILES string of the molecule is CC(=NNC(=O)c1ccc(C)c([N+](=O)[O-])c1)c1ccncc1. The highest BCUT2D eigenvalue weighted by molar-refractivity contribution is 6.00. The van der Waals surface area contributed by atoms with Crippen LogP contribution in [0.2, 0.25) is 0 Å². The van der Waals surface area contributed by atoms with Gasteiger partial charge in [-0.05, 0) is 32.0 Å². The zero-order valence-corrected chi connectivity index (χ0v) is 12.1. The molecule has 2 rings (SSSR count). The van der Waals surface area contributed by atoms with Gasteiger partial charge in [0, 0.05) is 35.2 Å². The summed E-state index contributed by atoms with van der Waals surface area (Å²) >= 11 is 0. The van der Waals surface area contributed by atoms with Crippen molar-refractivity contribution in [3.63, 3.8) is 0 Å². The standard InChI is InChI=1S/C15H14N4O3/c1-10-3-4-13(9-14(10)19(21)22)15(20)18-17-11(2)12-5-7-16-8-6-12/h3-9H,1-2H3,(H,18,20). The van der Waals surface area contributed by atoms with E-state index in [2.05, 4.69) is 15.5 Å². The normalized spacial score (nSPS) is 11.1. The van der Waals surface area contributed by atoms with Crippen LogP contribution < -0.4 is 5.43 Å². The van der Waals surface area contributed by atoms with Crippen LogP contribution in [0.5, 0.6) is 0 Å². The largest absolute Gasteiger partial charge is 0.273 e. The maximum atomic E-state index is 12.0. The average molecular weight is 298 g/mol. The molecule has 0 fully saturated rings. The molecule has 0 spiro atoms. The van der Waals surface area contributed by atoms with Crippen molar-refractivity contribution < 1.29 is 9.72 Å². The molecule has 1 N–H and O–H groups in total. The van der Waals surface area contributed by atoms with Gasteiger partial charge in [0.05, 0.1) is 10.6 Å². The summed E-state index contributed by atoms with van der Waals surface area (Å²) in [4.78, 5) is 26.3. The number of carbonyl (C=O) groups excluding carboxylic acids is 1. The van der Waals surface area contributed by atoms with E-state index in [9.17, 15) is 14.9 Å². The van der Waals surface area contributed by atoms with Gasteiger partial charge in [0.15, 0.2) is 0 Å². The Morgan fingerprint density at radius 3 is 2.55 bits per heavy atom. The number of nitro groups is 1. The fraction of sp³-hybridized carbons (Fsp3) is 0.133. The van der Waals surface area contributed by atoms with E-state index in [0.29, 0.717) is 11.3 Å². The molecular formula is C15H14N4O3. The van der Waals surface area contributed by atoms with Gasteiger partial charge < -0.3 is 0 Å². The van der Waals surface area contributed by atoms with Crippen LogP contribution in [0.1, 0.15) is 28.4 Å². The molecule has 0 radical (unpaired) electrons. The Labute approximate surface area is 126 Å². The third kappa shape index (κ3) is 3.51. The molecular weight excluding hydrogens is 284 g/mol. The van der Waals surface area contributed by atoms with Crippen LogP contribution in [0.4, 0.5) is 5.69 Å². The van der Waals surface area contributed by atoms with Crippen molar-refractivity contribution >= 4 is 17.3 Å². The lowest BCUT2D eigenvalue weighted by Gasteiger charge is -2.04. The molecule has 22 heavy (non-hydrogen) atoms. The van der Waals surface area contributed by atoms with Crippen molar-refractivity contribution in [2.75, 3.05) is 0 Å². The number of amides is 1. The summed E-state index contributed by atoms with van der Waals surface area (Å²) in [6, 6.07) is 7.83. The first-order valence-electron chi connectivity index (χ1n) is 6.49. The van der Waals surface area contributed by atoms with Gasteiger partial charge in [-0.3, -0.25) is 19.9 Å². The molecule has 0 aliphatic heterocycles. The van der Waals surface area contributed by atoms with Crippen molar-refractivity contribution in [1.29, 1.82) is 0 Å². The van der Waals surface area contributed by atoms with Gasteiger partial charge in [-0.2, -0.15) is 5.10 Å². The van der Waals surface area contributed by atoms with E-state index < -0.39 is 10.8 Å². The van der Waals surface area contributed by atoms with Crippen LogP contribution in [0.25, 0.3) is 0 Å². The minimum atomic E-state index is -0.516. The van der Waals surface area contributed by atoms with Crippen LogP contribution in [0.15, 0.2) is 47.8 Å².